The number of carbonyl (C=O) groups excluding carboxylic acids is 1. The van der Waals surface area contributed by atoms with E-state index in [1.165, 1.54) is 13.2 Å². The van der Waals surface area contributed by atoms with E-state index in [1.807, 2.05) is 0 Å². The molecule has 18 heavy (non-hydrogen) atoms. The molecule has 6 nitrogen and oxygen atoms in total. The van der Waals surface area contributed by atoms with Crippen molar-refractivity contribution in [3.8, 4) is 0 Å². The van der Waals surface area contributed by atoms with Crippen LogP contribution in [0.2, 0.25) is 5.02 Å². The smallest absolute Gasteiger partial charge is 0.226 e. The van der Waals surface area contributed by atoms with Crippen molar-refractivity contribution in [1.29, 1.82) is 0 Å². The molecule has 0 unspecified atom stereocenters. The van der Waals surface area contributed by atoms with Crippen molar-refractivity contribution in [2.75, 3.05) is 19.0 Å². The zero-order valence-electron chi connectivity index (χ0n) is 9.81. The summed E-state index contributed by atoms with van der Waals surface area (Å²) in [7, 11) is 1.51. The number of benzene rings is 1. The van der Waals surface area contributed by atoms with Gasteiger partial charge in [0, 0.05) is 12.7 Å². The number of anilines is 1. The van der Waals surface area contributed by atoms with Gasteiger partial charge in [0.1, 0.15) is 0 Å². The number of methoxy groups -OCH3 is 1. The van der Waals surface area contributed by atoms with Gasteiger partial charge >= 0.3 is 0 Å². The summed E-state index contributed by atoms with van der Waals surface area (Å²) in [5.41, 5.74) is 6.31. The Morgan fingerprint density at radius 1 is 1.61 bits per heavy atom. The molecule has 0 aliphatic rings. The Morgan fingerprint density at radius 2 is 2.33 bits per heavy atom. The lowest BCUT2D eigenvalue weighted by Gasteiger charge is -2.08. The molecular weight excluding hydrogens is 258 g/mol. The van der Waals surface area contributed by atoms with Gasteiger partial charge in [-0.25, -0.2) is 0 Å². The summed E-state index contributed by atoms with van der Waals surface area (Å²) < 4.78 is 4.79. The van der Waals surface area contributed by atoms with Crippen LogP contribution in [0.3, 0.4) is 0 Å². The van der Waals surface area contributed by atoms with Crippen LogP contribution >= 0.6 is 11.6 Å². The first kappa shape index (κ1) is 14.3. The normalized spacial score (nSPS) is 11.3. The van der Waals surface area contributed by atoms with Crippen LogP contribution in [-0.4, -0.2) is 30.7 Å². The van der Waals surface area contributed by atoms with E-state index in [0.29, 0.717) is 22.9 Å². The third-order valence-electron chi connectivity index (χ3n) is 2.18. The first-order chi connectivity index (χ1) is 8.58. The zero-order valence-corrected chi connectivity index (χ0v) is 10.6. The highest BCUT2D eigenvalue weighted by molar-refractivity contribution is 6.33. The standard InChI is InChI=1S/C11H14ClN3O3/c1-18-5-4-10(16)14-9-6-7(11(13)15-17)2-3-8(9)12/h2-3,6,17H,4-5H2,1H3,(H2,13,15)(H,14,16). The van der Waals surface area contributed by atoms with E-state index in [4.69, 9.17) is 27.3 Å². The molecule has 0 fully saturated rings. The molecule has 0 bridgehead atoms. The molecule has 7 heteroatoms. The number of amidine groups is 1. The molecule has 0 heterocycles. The third kappa shape index (κ3) is 3.90. The summed E-state index contributed by atoms with van der Waals surface area (Å²) in [6.07, 6.45) is 0.223. The first-order valence-corrected chi connectivity index (χ1v) is 5.52. The van der Waals surface area contributed by atoms with Crippen LogP contribution in [0.5, 0.6) is 0 Å². The van der Waals surface area contributed by atoms with E-state index in [0.717, 1.165) is 0 Å². The number of nitrogens with two attached hydrogens (primary N) is 1. The van der Waals surface area contributed by atoms with E-state index in [2.05, 4.69) is 10.5 Å². The summed E-state index contributed by atoms with van der Waals surface area (Å²) in [6, 6.07) is 4.67. The maximum absolute atomic E-state index is 11.5. The summed E-state index contributed by atoms with van der Waals surface area (Å²) in [5.74, 6) is -0.283. The molecule has 0 saturated carbocycles. The van der Waals surface area contributed by atoms with E-state index >= 15 is 0 Å². The molecular formula is C11H14ClN3O3. The summed E-state index contributed by atoms with van der Waals surface area (Å²) in [6.45, 7) is 0.323. The fourth-order valence-electron chi connectivity index (χ4n) is 1.25. The molecule has 0 aliphatic carbocycles. The summed E-state index contributed by atoms with van der Waals surface area (Å²) in [4.78, 5) is 11.5. The van der Waals surface area contributed by atoms with Crippen molar-refractivity contribution in [3.05, 3.63) is 28.8 Å². The number of oxime groups is 1. The Hall–Kier alpha value is -1.79. The van der Waals surface area contributed by atoms with Crippen LogP contribution in [0, 0.1) is 0 Å². The van der Waals surface area contributed by atoms with Crippen LogP contribution in [0.25, 0.3) is 0 Å². The number of hydrogen-bond donors (Lipinski definition) is 3. The maximum Gasteiger partial charge on any atom is 0.226 e. The molecule has 0 spiro atoms. The van der Waals surface area contributed by atoms with E-state index < -0.39 is 0 Å². The van der Waals surface area contributed by atoms with Gasteiger partial charge in [0.2, 0.25) is 5.91 Å². The first-order valence-electron chi connectivity index (χ1n) is 5.14. The highest BCUT2D eigenvalue weighted by Crippen LogP contribution is 2.23. The van der Waals surface area contributed by atoms with Gasteiger partial charge in [-0.2, -0.15) is 0 Å². The topological polar surface area (TPSA) is 96.9 Å². The second kappa shape index (κ2) is 6.83. The fraction of sp³-hybridized carbons (Fsp3) is 0.273. The largest absolute Gasteiger partial charge is 0.409 e. The number of carbonyl (C=O) groups is 1. The Morgan fingerprint density at radius 3 is 2.94 bits per heavy atom. The predicted molar refractivity (Wildman–Crippen MR) is 69.1 cm³/mol. The zero-order chi connectivity index (χ0) is 13.5. The lowest BCUT2D eigenvalue weighted by atomic mass is 10.2. The molecule has 1 aromatic rings. The molecule has 0 atom stereocenters. The van der Waals surface area contributed by atoms with Crippen LogP contribution < -0.4 is 11.1 Å². The van der Waals surface area contributed by atoms with Crippen LogP contribution in [0.4, 0.5) is 5.69 Å². The van der Waals surface area contributed by atoms with Crippen LogP contribution in [0.15, 0.2) is 23.4 Å². The Bertz CT molecular complexity index is 463. The number of halogens is 1. The van der Waals surface area contributed by atoms with Crippen molar-refractivity contribution >= 4 is 29.0 Å². The Balaban J connectivity index is 2.84. The number of rotatable bonds is 5. The van der Waals surface area contributed by atoms with Crippen molar-refractivity contribution in [2.24, 2.45) is 10.9 Å². The minimum Gasteiger partial charge on any atom is -0.409 e. The minimum atomic E-state index is -0.226. The summed E-state index contributed by atoms with van der Waals surface area (Å²) in [5, 5.41) is 14.4. The number of hydrogen-bond acceptors (Lipinski definition) is 4. The molecule has 98 valence electrons. The van der Waals surface area contributed by atoms with Gasteiger partial charge in [0.25, 0.3) is 0 Å². The van der Waals surface area contributed by atoms with Gasteiger partial charge in [0.05, 0.1) is 23.7 Å². The second-order valence-electron chi connectivity index (χ2n) is 3.47. The second-order valence-corrected chi connectivity index (χ2v) is 3.88. The Kier molecular flexibility index (Phi) is 5.41. The quantitative estimate of drug-likeness (QED) is 0.326. The average molecular weight is 272 g/mol. The fourth-order valence-corrected chi connectivity index (χ4v) is 1.41. The van der Waals surface area contributed by atoms with E-state index in [1.54, 1.807) is 12.1 Å². The molecule has 1 rings (SSSR count). The summed E-state index contributed by atoms with van der Waals surface area (Å²) >= 11 is 5.93. The van der Waals surface area contributed by atoms with Crippen molar-refractivity contribution < 1.29 is 14.7 Å². The monoisotopic (exact) mass is 271 g/mol. The van der Waals surface area contributed by atoms with Crippen molar-refractivity contribution in [2.45, 2.75) is 6.42 Å². The molecule has 4 N–H and O–H groups in total. The maximum atomic E-state index is 11.5. The van der Waals surface area contributed by atoms with Gasteiger partial charge in [-0.1, -0.05) is 16.8 Å². The lowest BCUT2D eigenvalue weighted by molar-refractivity contribution is -0.117. The third-order valence-corrected chi connectivity index (χ3v) is 2.51. The van der Waals surface area contributed by atoms with Crippen LogP contribution in [-0.2, 0) is 9.53 Å². The van der Waals surface area contributed by atoms with Gasteiger partial charge in [-0.3, -0.25) is 4.79 Å². The van der Waals surface area contributed by atoms with E-state index in [-0.39, 0.29) is 18.2 Å². The highest BCUT2D eigenvalue weighted by Gasteiger charge is 2.08. The van der Waals surface area contributed by atoms with Gasteiger partial charge in [-0.15, -0.1) is 0 Å². The predicted octanol–water partition coefficient (Wildman–Crippen LogP) is 1.41. The van der Waals surface area contributed by atoms with Crippen molar-refractivity contribution in [3.63, 3.8) is 0 Å². The minimum absolute atomic E-state index is 0.0564. The average Bonchev–Trinajstić information content (AvgIpc) is 2.38. The van der Waals surface area contributed by atoms with Crippen molar-refractivity contribution in [1.82, 2.24) is 0 Å². The SMILES string of the molecule is COCCC(=O)Nc1cc(C(N)=NO)ccc1Cl. The molecule has 0 saturated heterocycles. The van der Waals surface area contributed by atoms with Crippen LogP contribution in [0.1, 0.15) is 12.0 Å². The van der Waals surface area contributed by atoms with Gasteiger partial charge < -0.3 is 21.0 Å². The lowest BCUT2D eigenvalue weighted by Crippen LogP contribution is -2.16. The Labute approximate surface area is 109 Å². The van der Waals surface area contributed by atoms with Gasteiger partial charge in [0.15, 0.2) is 5.84 Å². The molecule has 1 aromatic carbocycles. The number of nitrogens with one attached hydrogen (secondary N) is 1. The number of amides is 1. The number of ether oxygens (including phenoxy) is 1. The number of nitrogens with zero attached hydrogens (tertiary/aromatic N) is 1. The van der Waals surface area contributed by atoms with E-state index in [9.17, 15) is 4.79 Å². The molecule has 0 radical (unpaired) electrons. The molecule has 1 amide bonds. The molecule has 0 aromatic heterocycles. The molecule has 0 aliphatic heterocycles. The van der Waals surface area contributed by atoms with Gasteiger partial charge in [-0.05, 0) is 18.2 Å². The highest BCUT2D eigenvalue weighted by atomic mass is 35.5.